The van der Waals surface area contributed by atoms with Crippen molar-refractivity contribution in [3.63, 3.8) is 0 Å². The highest BCUT2D eigenvalue weighted by Crippen LogP contribution is 2.53. The van der Waals surface area contributed by atoms with Crippen LogP contribution < -0.4 is 0 Å². The third-order valence-corrected chi connectivity index (χ3v) is 7.70. The molecule has 4 bridgehead atoms. The smallest absolute Gasteiger partial charge is 0.207 e. The van der Waals surface area contributed by atoms with E-state index in [4.69, 9.17) is 18.9 Å². The summed E-state index contributed by atoms with van der Waals surface area (Å²) < 4.78 is 51.4. The van der Waals surface area contributed by atoms with Crippen molar-refractivity contribution in [2.75, 3.05) is 6.61 Å². The number of halogens is 1. The molecule has 0 aromatic heterocycles. The second-order valence-electron chi connectivity index (χ2n) is 7.49. The average Bonchev–Trinajstić information content (AvgIpc) is 2.96. The Morgan fingerprint density at radius 2 is 1.96 bits per heavy atom. The summed E-state index contributed by atoms with van der Waals surface area (Å²) in [7, 11) is -3.72. The first-order chi connectivity index (χ1) is 12.2. The quantitative estimate of drug-likeness (QED) is 0.692. The van der Waals surface area contributed by atoms with Crippen LogP contribution in [0.25, 0.3) is 0 Å². The van der Waals surface area contributed by atoms with Crippen molar-refractivity contribution in [1.29, 1.82) is 0 Å². The fourth-order valence-corrected chi connectivity index (χ4v) is 5.94. The van der Waals surface area contributed by atoms with Crippen molar-refractivity contribution < 1.29 is 27.4 Å². The van der Waals surface area contributed by atoms with Gasteiger partial charge in [0.1, 0.15) is 17.8 Å². The van der Waals surface area contributed by atoms with E-state index in [1.807, 2.05) is 20.8 Å². The standard InChI is InChI=1S/C18H23BrO6S/c1-10(2)22-9-18-14-8-11(3)23-16(18)15(24-14)17(25-18)26(20,21)13-6-4-12(19)5-7-13/h4-7,10-11,14-17H,8-9H2,1-3H3. The van der Waals surface area contributed by atoms with Gasteiger partial charge in [-0.05, 0) is 45.0 Å². The highest BCUT2D eigenvalue weighted by molar-refractivity contribution is 9.10. The van der Waals surface area contributed by atoms with E-state index in [1.165, 1.54) is 0 Å². The van der Waals surface area contributed by atoms with Gasteiger partial charge in [0.05, 0.1) is 29.8 Å². The van der Waals surface area contributed by atoms with E-state index in [1.54, 1.807) is 24.3 Å². The molecule has 0 spiro atoms. The fraction of sp³-hybridized carbons (Fsp3) is 0.667. The lowest BCUT2D eigenvalue weighted by Gasteiger charge is -2.42. The molecule has 0 radical (unpaired) electrons. The van der Waals surface area contributed by atoms with E-state index < -0.39 is 33.1 Å². The Bertz CT molecular complexity index is 779. The second kappa shape index (κ2) is 6.53. The highest BCUT2D eigenvalue weighted by atomic mass is 79.9. The molecule has 6 unspecified atom stereocenters. The van der Waals surface area contributed by atoms with Gasteiger partial charge in [-0.2, -0.15) is 0 Å². The molecule has 3 heterocycles. The van der Waals surface area contributed by atoms with Crippen LogP contribution >= 0.6 is 15.9 Å². The lowest BCUT2D eigenvalue weighted by atomic mass is 9.87. The molecular formula is C18H23BrO6S. The van der Waals surface area contributed by atoms with Gasteiger partial charge in [-0.3, -0.25) is 0 Å². The Morgan fingerprint density at radius 3 is 2.62 bits per heavy atom. The van der Waals surface area contributed by atoms with Crippen LogP contribution in [0.2, 0.25) is 0 Å². The Hall–Kier alpha value is -0.510. The minimum absolute atomic E-state index is 0.0000836. The first kappa shape index (κ1) is 18.8. The zero-order valence-corrected chi connectivity index (χ0v) is 17.3. The Morgan fingerprint density at radius 1 is 1.27 bits per heavy atom. The summed E-state index contributed by atoms with van der Waals surface area (Å²) in [4.78, 5) is 0.212. The molecule has 3 saturated heterocycles. The highest BCUT2D eigenvalue weighted by Gasteiger charge is 2.72. The van der Waals surface area contributed by atoms with Gasteiger partial charge in [0, 0.05) is 10.9 Å². The number of hydrogen-bond donors (Lipinski definition) is 0. The van der Waals surface area contributed by atoms with Crippen LogP contribution in [-0.4, -0.2) is 56.6 Å². The SMILES string of the molecule is CC(C)OCC12OC(S(=O)(=O)c3ccc(Br)cc3)C3OC1CC(C)OC32. The van der Waals surface area contributed by atoms with Crippen molar-refractivity contribution in [2.45, 2.75) is 73.6 Å². The minimum Gasteiger partial charge on any atom is -0.376 e. The van der Waals surface area contributed by atoms with Crippen LogP contribution in [0.15, 0.2) is 33.6 Å². The van der Waals surface area contributed by atoms with Gasteiger partial charge in [0.15, 0.2) is 5.44 Å². The van der Waals surface area contributed by atoms with Crippen molar-refractivity contribution >= 4 is 25.8 Å². The van der Waals surface area contributed by atoms with Gasteiger partial charge < -0.3 is 18.9 Å². The van der Waals surface area contributed by atoms with Crippen LogP contribution in [0, 0.1) is 0 Å². The fourth-order valence-electron chi connectivity index (χ4n) is 4.03. The van der Waals surface area contributed by atoms with Gasteiger partial charge in [-0.15, -0.1) is 0 Å². The van der Waals surface area contributed by atoms with Crippen molar-refractivity contribution in [3.8, 4) is 0 Å². The molecule has 0 aliphatic carbocycles. The summed E-state index contributed by atoms with van der Waals surface area (Å²) in [6.07, 6.45) is -0.623. The summed E-state index contributed by atoms with van der Waals surface area (Å²) in [5, 5.41) is 0. The predicted molar refractivity (Wildman–Crippen MR) is 97.6 cm³/mol. The zero-order valence-electron chi connectivity index (χ0n) is 14.9. The van der Waals surface area contributed by atoms with Crippen LogP contribution in [0.3, 0.4) is 0 Å². The van der Waals surface area contributed by atoms with E-state index in [9.17, 15) is 8.42 Å². The molecule has 4 rings (SSSR count). The molecule has 3 aliphatic heterocycles. The molecule has 1 aromatic rings. The van der Waals surface area contributed by atoms with Gasteiger partial charge in [0.2, 0.25) is 9.84 Å². The molecule has 144 valence electrons. The largest absolute Gasteiger partial charge is 0.376 e. The first-order valence-corrected chi connectivity index (χ1v) is 11.2. The van der Waals surface area contributed by atoms with Crippen molar-refractivity contribution in [2.24, 2.45) is 0 Å². The molecule has 0 amide bonds. The minimum atomic E-state index is -3.72. The van der Waals surface area contributed by atoms with Crippen molar-refractivity contribution in [3.05, 3.63) is 28.7 Å². The van der Waals surface area contributed by atoms with Crippen LogP contribution in [0.4, 0.5) is 0 Å². The van der Waals surface area contributed by atoms with Gasteiger partial charge in [-0.1, -0.05) is 15.9 Å². The van der Waals surface area contributed by atoms with E-state index in [0.29, 0.717) is 6.42 Å². The molecule has 0 N–H and O–H groups in total. The third-order valence-electron chi connectivity index (χ3n) is 5.27. The summed E-state index contributed by atoms with van der Waals surface area (Å²) in [5.41, 5.74) is -1.96. The molecular weight excluding hydrogens is 424 g/mol. The molecule has 6 nitrogen and oxygen atoms in total. The van der Waals surface area contributed by atoms with E-state index in [0.717, 1.165) is 4.47 Å². The number of rotatable bonds is 5. The maximum Gasteiger partial charge on any atom is 0.207 e. The average molecular weight is 447 g/mol. The molecule has 1 aromatic carbocycles. The summed E-state index contributed by atoms with van der Waals surface area (Å²) >= 11 is 3.33. The van der Waals surface area contributed by atoms with Crippen molar-refractivity contribution in [1.82, 2.24) is 0 Å². The van der Waals surface area contributed by atoms with Gasteiger partial charge in [0.25, 0.3) is 0 Å². The molecule has 3 aliphatic rings. The van der Waals surface area contributed by atoms with Crippen LogP contribution in [0.5, 0.6) is 0 Å². The maximum atomic E-state index is 13.2. The number of ether oxygens (including phenoxy) is 4. The third kappa shape index (κ3) is 2.86. The van der Waals surface area contributed by atoms with Crippen LogP contribution in [-0.2, 0) is 28.8 Å². The topological polar surface area (TPSA) is 71.1 Å². The van der Waals surface area contributed by atoms with Crippen LogP contribution in [0.1, 0.15) is 27.2 Å². The second-order valence-corrected chi connectivity index (χ2v) is 10.4. The Labute approximate surface area is 162 Å². The molecule has 8 heteroatoms. The Kier molecular flexibility index (Phi) is 4.73. The monoisotopic (exact) mass is 446 g/mol. The number of sulfone groups is 1. The van der Waals surface area contributed by atoms with Gasteiger partial charge in [-0.25, -0.2) is 8.42 Å². The summed E-state index contributed by atoms with van der Waals surface area (Å²) in [6, 6.07) is 6.55. The first-order valence-electron chi connectivity index (χ1n) is 8.84. The normalized spacial score (nSPS) is 38.9. The molecule has 6 atom stereocenters. The predicted octanol–water partition coefficient (Wildman–Crippen LogP) is 2.69. The lowest BCUT2D eigenvalue weighted by Crippen LogP contribution is -2.57. The zero-order chi connectivity index (χ0) is 18.7. The number of benzene rings is 1. The molecule has 26 heavy (non-hydrogen) atoms. The lowest BCUT2D eigenvalue weighted by molar-refractivity contribution is -0.221. The van der Waals surface area contributed by atoms with Gasteiger partial charge >= 0.3 is 0 Å². The Balaban J connectivity index is 1.67. The molecule has 0 saturated carbocycles. The van der Waals surface area contributed by atoms with E-state index in [-0.39, 0.29) is 29.8 Å². The molecule has 3 fully saturated rings. The number of hydrogen-bond acceptors (Lipinski definition) is 6. The van der Waals surface area contributed by atoms with E-state index in [2.05, 4.69) is 15.9 Å². The summed E-state index contributed by atoms with van der Waals surface area (Å²) in [6.45, 7) is 6.11. The maximum absolute atomic E-state index is 13.2. The summed E-state index contributed by atoms with van der Waals surface area (Å²) in [5.74, 6) is 0. The van der Waals surface area contributed by atoms with E-state index >= 15 is 0 Å².